The normalized spacial score (nSPS) is 12.8. The second-order valence-corrected chi connectivity index (χ2v) is 9.57. The number of rotatable bonds is 15. The van der Waals surface area contributed by atoms with Gasteiger partial charge in [-0.15, -0.1) is 0 Å². The predicted octanol–water partition coefficient (Wildman–Crippen LogP) is 1.51. The van der Waals surface area contributed by atoms with Crippen LogP contribution in [0.5, 0.6) is 0 Å². The molecule has 0 saturated carbocycles. The van der Waals surface area contributed by atoms with Gasteiger partial charge in [0.05, 0.1) is 26.4 Å². The zero-order chi connectivity index (χ0) is 29.6. The number of hydrogen-bond donors (Lipinski definition) is 3. The highest BCUT2D eigenvalue weighted by atomic mass is 16.6. The largest absolute Gasteiger partial charge is 0.464 e. The van der Waals surface area contributed by atoms with Gasteiger partial charge < -0.3 is 34.9 Å². The van der Waals surface area contributed by atoms with Crippen LogP contribution >= 0.6 is 0 Å². The number of alkyl carbamates (subject to hydrolysis) is 1. The van der Waals surface area contributed by atoms with E-state index in [9.17, 15) is 28.8 Å². The lowest BCUT2D eigenvalue weighted by molar-refractivity contribution is -0.168. The molecule has 0 saturated heterocycles. The minimum Gasteiger partial charge on any atom is -0.464 e. The molecule has 0 spiro atoms. The van der Waals surface area contributed by atoms with E-state index in [0.717, 1.165) is 6.92 Å². The standard InChI is InChI=1S/C25H43N3O10/c1-9-35-19(31)24(27-17(4)29,16-26-22(34)38-23(6,7)8)14-12-13-15-25(28-18(5)30,20(32)36-10-2)21(33)37-11-3/h9-16H2,1-8H3,(H,26,34)(H,27,29)(H,28,30). The molecule has 0 fully saturated rings. The third-order valence-electron chi connectivity index (χ3n) is 5.06. The minimum atomic E-state index is -2.09. The molecule has 3 amide bonds. The summed E-state index contributed by atoms with van der Waals surface area (Å²) in [6.45, 7) is 11.7. The highest BCUT2D eigenvalue weighted by Crippen LogP contribution is 2.24. The van der Waals surface area contributed by atoms with Crippen LogP contribution in [-0.2, 0) is 42.9 Å². The molecule has 13 nitrogen and oxygen atoms in total. The van der Waals surface area contributed by atoms with Crippen LogP contribution in [0.4, 0.5) is 4.79 Å². The molecule has 0 aromatic rings. The molecular weight excluding hydrogens is 502 g/mol. The molecule has 218 valence electrons. The Morgan fingerprint density at radius 2 is 1.11 bits per heavy atom. The van der Waals surface area contributed by atoms with Crippen LogP contribution in [0.25, 0.3) is 0 Å². The van der Waals surface area contributed by atoms with Crippen LogP contribution in [-0.4, -0.2) is 78.9 Å². The molecule has 1 atom stereocenters. The fourth-order valence-electron chi connectivity index (χ4n) is 3.64. The molecule has 0 bridgehead atoms. The number of hydrogen-bond acceptors (Lipinski definition) is 10. The Morgan fingerprint density at radius 3 is 1.53 bits per heavy atom. The summed E-state index contributed by atoms with van der Waals surface area (Å²) >= 11 is 0. The lowest BCUT2D eigenvalue weighted by Gasteiger charge is -2.33. The van der Waals surface area contributed by atoms with Crippen molar-refractivity contribution >= 4 is 35.8 Å². The van der Waals surface area contributed by atoms with E-state index in [0.29, 0.717) is 0 Å². The molecule has 0 aromatic heterocycles. The Kier molecular flexibility index (Phi) is 14.4. The number of ether oxygens (including phenoxy) is 4. The van der Waals surface area contributed by atoms with E-state index in [2.05, 4.69) is 16.0 Å². The highest BCUT2D eigenvalue weighted by molar-refractivity contribution is 6.07. The van der Waals surface area contributed by atoms with Gasteiger partial charge in [-0.3, -0.25) is 9.59 Å². The highest BCUT2D eigenvalue weighted by Gasteiger charge is 2.50. The molecule has 0 heterocycles. The molecule has 13 heteroatoms. The van der Waals surface area contributed by atoms with Crippen LogP contribution < -0.4 is 16.0 Å². The lowest BCUT2D eigenvalue weighted by Crippen LogP contribution is -2.62. The number of unbranched alkanes of at least 4 members (excludes halogenated alkanes) is 1. The van der Waals surface area contributed by atoms with Crippen LogP contribution in [0.15, 0.2) is 0 Å². The fourth-order valence-corrected chi connectivity index (χ4v) is 3.64. The van der Waals surface area contributed by atoms with Gasteiger partial charge in [0.15, 0.2) is 5.54 Å². The number of amides is 3. The summed E-state index contributed by atoms with van der Waals surface area (Å²) in [7, 11) is 0. The van der Waals surface area contributed by atoms with Gasteiger partial charge in [0.25, 0.3) is 0 Å². The summed E-state index contributed by atoms with van der Waals surface area (Å²) in [6.07, 6.45) is -0.766. The number of carbonyl (C=O) groups is 6. The van der Waals surface area contributed by atoms with Crippen LogP contribution in [0.1, 0.15) is 81.1 Å². The first-order valence-electron chi connectivity index (χ1n) is 12.6. The maximum atomic E-state index is 13.0. The molecule has 0 aliphatic heterocycles. The van der Waals surface area contributed by atoms with Gasteiger partial charge in [-0.05, 0) is 60.8 Å². The summed E-state index contributed by atoms with van der Waals surface area (Å²) in [4.78, 5) is 74.8. The van der Waals surface area contributed by atoms with E-state index in [1.807, 2.05) is 0 Å². The van der Waals surface area contributed by atoms with Crippen molar-refractivity contribution in [1.29, 1.82) is 0 Å². The van der Waals surface area contributed by atoms with Crippen LogP contribution in [0, 0.1) is 0 Å². The Bertz CT molecular complexity index is 835. The monoisotopic (exact) mass is 545 g/mol. The van der Waals surface area contributed by atoms with Crippen LogP contribution in [0.2, 0.25) is 0 Å². The van der Waals surface area contributed by atoms with Gasteiger partial charge in [-0.2, -0.15) is 0 Å². The van der Waals surface area contributed by atoms with Crippen molar-refractivity contribution in [2.45, 2.75) is 97.8 Å². The van der Waals surface area contributed by atoms with Gasteiger partial charge in [0.2, 0.25) is 17.4 Å². The van der Waals surface area contributed by atoms with Gasteiger partial charge in [-0.25, -0.2) is 19.2 Å². The first-order chi connectivity index (χ1) is 17.6. The first kappa shape index (κ1) is 34.6. The second kappa shape index (κ2) is 15.8. The molecular formula is C25H43N3O10. The van der Waals surface area contributed by atoms with E-state index in [1.54, 1.807) is 41.5 Å². The summed E-state index contributed by atoms with van der Waals surface area (Å²) in [5.74, 6) is -3.92. The van der Waals surface area contributed by atoms with Crippen molar-refractivity contribution in [3.63, 3.8) is 0 Å². The fraction of sp³-hybridized carbons (Fsp3) is 0.760. The SMILES string of the molecule is CCOC(=O)C(CCCCC(NC(C)=O)(C(=O)OCC)C(=O)OCC)(CNC(=O)OC(C)(C)C)NC(C)=O. The molecule has 38 heavy (non-hydrogen) atoms. The molecule has 0 aromatic carbocycles. The molecule has 0 aliphatic rings. The van der Waals surface area contributed by atoms with Crippen molar-refractivity contribution in [3.8, 4) is 0 Å². The summed E-state index contributed by atoms with van der Waals surface area (Å²) in [6, 6.07) is 0. The predicted molar refractivity (Wildman–Crippen MR) is 136 cm³/mol. The third-order valence-corrected chi connectivity index (χ3v) is 5.06. The average molecular weight is 546 g/mol. The Morgan fingerprint density at radius 1 is 0.658 bits per heavy atom. The minimum absolute atomic E-state index is 0.0178. The molecule has 1 unspecified atom stereocenters. The summed E-state index contributed by atoms with van der Waals surface area (Å²) in [5, 5.41) is 7.45. The van der Waals surface area contributed by atoms with E-state index in [4.69, 9.17) is 18.9 Å². The quantitative estimate of drug-likeness (QED) is 0.118. The third kappa shape index (κ3) is 11.3. The molecule has 0 rings (SSSR count). The van der Waals surface area contributed by atoms with Crippen molar-refractivity contribution in [2.75, 3.05) is 26.4 Å². The van der Waals surface area contributed by atoms with E-state index < -0.39 is 52.5 Å². The van der Waals surface area contributed by atoms with Crippen molar-refractivity contribution in [1.82, 2.24) is 16.0 Å². The second-order valence-electron chi connectivity index (χ2n) is 9.57. The summed E-state index contributed by atoms with van der Waals surface area (Å²) in [5.41, 5.74) is -4.55. The van der Waals surface area contributed by atoms with Crippen LogP contribution in [0.3, 0.4) is 0 Å². The molecule has 0 radical (unpaired) electrons. The topological polar surface area (TPSA) is 175 Å². The lowest BCUT2D eigenvalue weighted by atomic mass is 9.87. The van der Waals surface area contributed by atoms with Crippen molar-refractivity contribution in [2.24, 2.45) is 0 Å². The smallest absolute Gasteiger partial charge is 0.407 e. The van der Waals surface area contributed by atoms with Gasteiger partial charge in [-0.1, -0.05) is 6.42 Å². The maximum absolute atomic E-state index is 13.0. The zero-order valence-corrected chi connectivity index (χ0v) is 23.7. The van der Waals surface area contributed by atoms with Gasteiger partial charge in [0, 0.05) is 13.8 Å². The van der Waals surface area contributed by atoms with E-state index in [-0.39, 0.29) is 52.0 Å². The van der Waals surface area contributed by atoms with E-state index >= 15 is 0 Å². The number of nitrogens with one attached hydrogen (secondary N) is 3. The summed E-state index contributed by atoms with van der Waals surface area (Å²) < 4.78 is 20.5. The maximum Gasteiger partial charge on any atom is 0.407 e. The molecule has 3 N–H and O–H groups in total. The number of carbonyl (C=O) groups excluding carboxylic acids is 6. The molecule has 0 aliphatic carbocycles. The Labute approximate surface area is 224 Å². The Hall–Kier alpha value is -3.38. The van der Waals surface area contributed by atoms with Gasteiger partial charge >= 0.3 is 24.0 Å². The number of esters is 3. The van der Waals surface area contributed by atoms with Crippen molar-refractivity contribution < 1.29 is 47.7 Å². The van der Waals surface area contributed by atoms with Crippen molar-refractivity contribution in [3.05, 3.63) is 0 Å². The zero-order valence-electron chi connectivity index (χ0n) is 23.7. The van der Waals surface area contributed by atoms with Gasteiger partial charge in [0.1, 0.15) is 5.60 Å². The Balaban J connectivity index is 5.97. The average Bonchev–Trinajstić information content (AvgIpc) is 2.78. The van der Waals surface area contributed by atoms with E-state index in [1.165, 1.54) is 6.92 Å². The first-order valence-corrected chi connectivity index (χ1v) is 12.6.